The molecule has 0 bridgehead atoms. The smallest absolute Gasteiger partial charge is 0.137 e. The van der Waals surface area contributed by atoms with Gasteiger partial charge in [0.05, 0.1) is 17.6 Å². The van der Waals surface area contributed by atoms with E-state index in [9.17, 15) is 0 Å². The summed E-state index contributed by atoms with van der Waals surface area (Å²) in [6.45, 7) is 0. The zero-order chi connectivity index (χ0) is 9.68. The number of nitrogens with one attached hydrogen (secondary N) is 2. The van der Waals surface area contributed by atoms with Crippen LogP contribution in [0.5, 0.6) is 0 Å². The van der Waals surface area contributed by atoms with Crippen molar-refractivity contribution in [2.75, 3.05) is 23.9 Å². The lowest BCUT2D eigenvalue weighted by Gasteiger charge is -2.09. The fourth-order valence-electron chi connectivity index (χ4n) is 0.864. The molecule has 3 nitrogen and oxygen atoms in total. The third kappa shape index (κ3) is 2.86. The zero-order valence-corrected chi connectivity index (χ0v) is 9.13. The van der Waals surface area contributed by atoms with Crippen molar-refractivity contribution in [3.8, 4) is 0 Å². The lowest BCUT2D eigenvalue weighted by molar-refractivity contribution is 1.31. The molecule has 0 atom stereocenters. The highest BCUT2D eigenvalue weighted by Crippen LogP contribution is 2.19. The fourth-order valence-corrected chi connectivity index (χ4v) is 1.19. The summed E-state index contributed by atoms with van der Waals surface area (Å²) in [6.07, 6.45) is 5.42. The molecule has 0 aliphatic rings. The quantitative estimate of drug-likeness (QED) is 0.737. The average molecular weight is 213 g/mol. The van der Waals surface area contributed by atoms with E-state index < -0.39 is 0 Å². The van der Waals surface area contributed by atoms with Gasteiger partial charge in [-0.15, -0.1) is 11.8 Å². The lowest BCUT2D eigenvalue weighted by Crippen LogP contribution is -2.06. The van der Waals surface area contributed by atoms with E-state index in [0.717, 1.165) is 15.7 Å². The minimum Gasteiger partial charge on any atom is -0.385 e. The lowest BCUT2D eigenvalue weighted by atomic mass is 10.3. The summed E-state index contributed by atoms with van der Waals surface area (Å²) in [4.78, 5) is 4.00. The van der Waals surface area contributed by atoms with Crippen molar-refractivity contribution >= 4 is 39.7 Å². The third-order valence-corrected chi connectivity index (χ3v) is 2.59. The number of pyridine rings is 1. The van der Waals surface area contributed by atoms with Gasteiger partial charge in [-0.25, -0.2) is 0 Å². The second-order valence-corrected chi connectivity index (χ2v) is 3.77. The molecule has 0 aliphatic carbocycles. The molecular weight excluding hydrogens is 202 g/mol. The minimum absolute atomic E-state index is 0.753. The average Bonchev–Trinajstić information content (AvgIpc) is 2.18. The van der Waals surface area contributed by atoms with Crippen molar-refractivity contribution in [1.29, 1.82) is 0 Å². The first-order valence-corrected chi connectivity index (χ1v) is 5.38. The van der Waals surface area contributed by atoms with E-state index in [-0.39, 0.29) is 0 Å². The molecule has 0 saturated heterocycles. The molecule has 1 aromatic rings. The zero-order valence-electron chi connectivity index (χ0n) is 7.50. The van der Waals surface area contributed by atoms with Gasteiger partial charge in [-0.3, -0.25) is 4.98 Å². The number of rotatable bonds is 2. The first-order valence-electron chi connectivity index (χ1n) is 3.74. The van der Waals surface area contributed by atoms with E-state index in [1.54, 1.807) is 12.4 Å². The van der Waals surface area contributed by atoms with Crippen molar-refractivity contribution in [3.05, 3.63) is 18.5 Å². The Morgan fingerprint density at radius 2 is 2.31 bits per heavy atom. The number of thioether (sulfide) groups is 1. The van der Waals surface area contributed by atoms with Crippen LogP contribution in [0.15, 0.2) is 18.5 Å². The van der Waals surface area contributed by atoms with Crippen LogP contribution in [-0.4, -0.2) is 22.6 Å². The van der Waals surface area contributed by atoms with Crippen LogP contribution in [0.1, 0.15) is 0 Å². The van der Waals surface area contributed by atoms with Crippen molar-refractivity contribution in [3.63, 3.8) is 0 Å². The molecule has 0 unspecified atom stereocenters. The molecule has 13 heavy (non-hydrogen) atoms. The minimum atomic E-state index is 0.753. The maximum Gasteiger partial charge on any atom is 0.137 e. The van der Waals surface area contributed by atoms with E-state index in [1.807, 2.05) is 19.4 Å². The summed E-state index contributed by atoms with van der Waals surface area (Å²) < 4.78 is 0.753. The predicted molar refractivity (Wildman–Crippen MR) is 63.5 cm³/mol. The largest absolute Gasteiger partial charge is 0.385 e. The van der Waals surface area contributed by atoms with Gasteiger partial charge in [-0.05, 0) is 12.3 Å². The normalized spacial score (nSPS) is 9.38. The van der Waals surface area contributed by atoms with Crippen molar-refractivity contribution < 1.29 is 0 Å². The van der Waals surface area contributed by atoms with E-state index in [2.05, 4.69) is 15.6 Å². The summed E-state index contributed by atoms with van der Waals surface area (Å²) in [7, 11) is 1.85. The number of thiocarbonyl (C=S) groups is 1. The van der Waals surface area contributed by atoms with Crippen LogP contribution in [0.3, 0.4) is 0 Å². The molecule has 0 fully saturated rings. The summed E-state index contributed by atoms with van der Waals surface area (Å²) in [5.74, 6) is 0. The summed E-state index contributed by atoms with van der Waals surface area (Å²) in [5, 5.41) is 6.13. The van der Waals surface area contributed by atoms with Crippen LogP contribution >= 0.6 is 24.0 Å². The molecular formula is C8H11N3S2. The monoisotopic (exact) mass is 213 g/mol. The molecule has 0 amide bonds. The van der Waals surface area contributed by atoms with Gasteiger partial charge in [-0.1, -0.05) is 12.2 Å². The summed E-state index contributed by atoms with van der Waals surface area (Å²) >= 11 is 6.56. The second-order valence-electron chi connectivity index (χ2n) is 2.29. The predicted octanol–water partition coefficient (Wildman–Crippen LogP) is 2.18. The molecule has 0 aromatic carbocycles. The first kappa shape index (κ1) is 10.3. The second kappa shape index (κ2) is 5.04. The summed E-state index contributed by atoms with van der Waals surface area (Å²) in [6, 6.07) is 1.88. The van der Waals surface area contributed by atoms with Crippen LogP contribution in [-0.2, 0) is 0 Å². The Kier molecular flexibility index (Phi) is 3.98. The van der Waals surface area contributed by atoms with Crippen LogP contribution < -0.4 is 10.6 Å². The number of hydrogen-bond donors (Lipinski definition) is 2. The Balaban J connectivity index is 2.81. The first-order chi connectivity index (χ1) is 6.27. The molecule has 0 radical (unpaired) electrons. The van der Waals surface area contributed by atoms with Gasteiger partial charge in [0.15, 0.2) is 0 Å². The summed E-state index contributed by atoms with van der Waals surface area (Å²) in [5.41, 5.74) is 1.90. The topological polar surface area (TPSA) is 37.0 Å². The van der Waals surface area contributed by atoms with Crippen LogP contribution in [0.4, 0.5) is 11.4 Å². The third-order valence-electron chi connectivity index (χ3n) is 1.51. The van der Waals surface area contributed by atoms with Crippen LogP contribution in [0.2, 0.25) is 0 Å². The van der Waals surface area contributed by atoms with Gasteiger partial charge in [0.2, 0.25) is 0 Å². The van der Waals surface area contributed by atoms with E-state index in [0.29, 0.717) is 0 Å². The van der Waals surface area contributed by atoms with E-state index in [4.69, 9.17) is 12.2 Å². The standard InChI is InChI=1S/C8H11N3S2/c1-9-7-5-10-4-3-6(7)11-8(12)13-2/h3-5,9H,1-2H3,(H,10,11,12). The Morgan fingerprint density at radius 1 is 1.54 bits per heavy atom. The van der Waals surface area contributed by atoms with Gasteiger partial charge in [-0.2, -0.15) is 0 Å². The molecule has 1 aromatic heterocycles. The van der Waals surface area contributed by atoms with Gasteiger partial charge < -0.3 is 10.6 Å². The molecule has 1 rings (SSSR count). The maximum atomic E-state index is 5.05. The van der Waals surface area contributed by atoms with Gasteiger partial charge in [0.1, 0.15) is 4.32 Å². The maximum absolute atomic E-state index is 5.05. The molecule has 0 saturated carbocycles. The van der Waals surface area contributed by atoms with Crippen molar-refractivity contribution in [2.24, 2.45) is 0 Å². The fraction of sp³-hybridized carbons (Fsp3) is 0.250. The van der Waals surface area contributed by atoms with Crippen molar-refractivity contribution in [1.82, 2.24) is 4.98 Å². The molecule has 5 heteroatoms. The van der Waals surface area contributed by atoms with Crippen LogP contribution in [0, 0.1) is 0 Å². The van der Waals surface area contributed by atoms with Crippen molar-refractivity contribution in [2.45, 2.75) is 0 Å². The number of aromatic nitrogens is 1. The van der Waals surface area contributed by atoms with E-state index in [1.165, 1.54) is 11.8 Å². The highest BCUT2D eigenvalue weighted by molar-refractivity contribution is 8.22. The molecule has 70 valence electrons. The van der Waals surface area contributed by atoms with Gasteiger partial charge in [0.25, 0.3) is 0 Å². The Bertz CT molecular complexity index is 301. The highest BCUT2D eigenvalue weighted by atomic mass is 32.2. The van der Waals surface area contributed by atoms with Gasteiger partial charge in [0, 0.05) is 13.2 Å². The number of nitrogens with zero attached hydrogens (tertiary/aromatic N) is 1. The van der Waals surface area contributed by atoms with E-state index >= 15 is 0 Å². The molecule has 1 heterocycles. The SMILES string of the molecule is CNc1cnccc1NC(=S)SC. The highest BCUT2D eigenvalue weighted by Gasteiger charge is 2.00. The van der Waals surface area contributed by atoms with Crippen LogP contribution in [0.25, 0.3) is 0 Å². The Hall–Kier alpha value is -0.810. The Morgan fingerprint density at radius 3 is 2.92 bits per heavy atom. The molecule has 2 N–H and O–H groups in total. The number of anilines is 2. The number of hydrogen-bond acceptors (Lipinski definition) is 4. The molecule has 0 aliphatic heterocycles. The molecule has 0 spiro atoms. The van der Waals surface area contributed by atoms with Gasteiger partial charge >= 0.3 is 0 Å². The Labute approximate surface area is 87.3 Å².